The van der Waals surface area contributed by atoms with Gasteiger partial charge in [0.15, 0.2) is 0 Å². The van der Waals surface area contributed by atoms with Crippen molar-refractivity contribution >= 4 is 12.1 Å². The van der Waals surface area contributed by atoms with Crippen LogP contribution in [0.5, 0.6) is 0 Å². The second-order valence-corrected chi connectivity index (χ2v) is 3.86. The second kappa shape index (κ2) is 9.92. The first-order valence-corrected chi connectivity index (χ1v) is 5.71. The van der Waals surface area contributed by atoms with Gasteiger partial charge in [0, 0.05) is 25.3 Å². The Morgan fingerprint density at radius 3 is 2.63 bits per heavy atom. The largest absolute Gasteiger partial charge is 0.511 e. The van der Waals surface area contributed by atoms with Gasteiger partial charge >= 0.3 is 12.1 Å². The monoisotopic (exact) mass is 277 g/mol. The molecule has 0 aromatic heterocycles. The highest BCUT2D eigenvalue weighted by Crippen LogP contribution is 1.96. The number of carbonyl (C=O) groups is 2. The average Bonchev–Trinajstić information content (AvgIpc) is 2.26. The minimum absolute atomic E-state index is 0.0604. The van der Waals surface area contributed by atoms with Gasteiger partial charge < -0.3 is 19.4 Å². The summed E-state index contributed by atoms with van der Waals surface area (Å²) >= 11 is 0. The number of nitrogens with zero attached hydrogens (tertiary/aromatic N) is 3. The molecule has 0 saturated carbocycles. The van der Waals surface area contributed by atoms with Crippen LogP contribution in [-0.2, 0) is 19.1 Å². The number of hydrogen-bond acceptors (Lipinski definition) is 7. The van der Waals surface area contributed by atoms with Crippen LogP contribution in [0.2, 0.25) is 0 Å². The van der Waals surface area contributed by atoms with Crippen molar-refractivity contribution in [1.82, 2.24) is 5.01 Å². The highest BCUT2D eigenvalue weighted by molar-refractivity contribution is 5.66. The van der Waals surface area contributed by atoms with Crippen LogP contribution in [0.1, 0.15) is 26.7 Å². The van der Waals surface area contributed by atoms with Crippen LogP contribution < -0.4 is 0 Å². The molecule has 0 radical (unpaired) electrons. The Labute approximate surface area is 111 Å². The molecule has 0 atom stereocenters. The molecule has 0 rings (SSSR count). The first-order chi connectivity index (χ1) is 8.91. The van der Waals surface area contributed by atoms with E-state index in [1.165, 1.54) is 5.01 Å². The molecular formula is C10H19N3O6. The maximum absolute atomic E-state index is 10.9. The van der Waals surface area contributed by atoms with Gasteiger partial charge in [0.1, 0.15) is 0 Å². The quantitative estimate of drug-likeness (QED) is 0.224. The van der Waals surface area contributed by atoms with E-state index in [4.69, 9.17) is 5.11 Å². The van der Waals surface area contributed by atoms with E-state index in [1.807, 2.05) is 0 Å². The van der Waals surface area contributed by atoms with Gasteiger partial charge in [-0.15, -0.1) is 0 Å². The van der Waals surface area contributed by atoms with Crippen molar-refractivity contribution in [2.24, 2.45) is 10.5 Å². The van der Waals surface area contributed by atoms with Crippen LogP contribution in [0.3, 0.4) is 0 Å². The standard InChI is InChI=1S/C10H19N3O6/c1-8(2)19-10(16)17-7-18-12-11-13(3)6-4-5-9(14)15/h8H,4-7H2,1-3H3,(H,14,15). The molecule has 0 saturated heterocycles. The Bertz CT molecular complexity index is 308. The minimum atomic E-state index is -0.862. The molecule has 9 heteroatoms. The Morgan fingerprint density at radius 2 is 2.05 bits per heavy atom. The molecule has 0 bridgehead atoms. The molecule has 0 fully saturated rings. The van der Waals surface area contributed by atoms with E-state index in [9.17, 15) is 9.59 Å². The molecule has 0 aromatic rings. The van der Waals surface area contributed by atoms with Crippen molar-refractivity contribution in [3.63, 3.8) is 0 Å². The summed E-state index contributed by atoms with van der Waals surface area (Å²) in [7, 11) is 1.61. The molecule has 0 aliphatic rings. The molecule has 0 aromatic carbocycles. The highest BCUT2D eigenvalue weighted by atomic mass is 16.8. The molecule has 0 aliphatic carbocycles. The van der Waals surface area contributed by atoms with Gasteiger partial charge in [-0.2, -0.15) is 0 Å². The van der Waals surface area contributed by atoms with Crippen molar-refractivity contribution < 1.29 is 29.0 Å². The Hall–Kier alpha value is -2.06. The van der Waals surface area contributed by atoms with Crippen LogP contribution in [0.25, 0.3) is 0 Å². The van der Waals surface area contributed by atoms with Crippen LogP contribution in [0.4, 0.5) is 4.79 Å². The topological polar surface area (TPSA) is 110 Å². The number of ether oxygens (including phenoxy) is 2. The third-order valence-electron chi connectivity index (χ3n) is 1.68. The molecule has 0 spiro atoms. The molecule has 19 heavy (non-hydrogen) atoms. The fourth-order valence-corrected chi connectivity index (χ4v) is 0.916. The van der Waals surface area contributed by atoms with Crippen molar-refractivity contribution in [1.29, 1.82) is 0 Å². The van der Waals surface area contributed by atoms with Gasteiger partial charge in [0.25, 0.3) is 6.79 Å². The molecule has 0 unspecified atom stereocenters. The predicted molar refractivity (Wildman–Crippen MR) is 63.0 cm³/mol. The number of aliphatic carboxylic acids is 1. The van der Waals surface area contributed by atoms with Gasteiger partial charge in [0.05, 0.1) is 6.10 Å². The van der Waals surface area contributed by atoms with E-state index < -0.39 is 18.9 Å². The summed E-state index contributed by atoms with van der Waals surface area (Å²) in [5.41, 5.74) is 0. The summed E-state index contributed by atoms with van der Waals surface area (Å²) in [6, 6.07) is 0. The molecule has 110 valence electrons. The van der Waals surface area contributed by atoms with Gasteiger partial charge in [-0.1, -0.05) is 0 Å². The number of hydrogen-bond donors (Lipinski definition) is 1. The molecule has 0 amide bonds. The first-order valence-electron chi connectivity index (χ1n) is 5.71. The molecule has 0 aliphatic heterocycles. The van der Waals surface area contributed by atoms with E-state index in [1.54, 1.807) is 20.9 Å². The Balaban J connectivity index is 3.56. The number of rotatable bonds is 9. The second-order valence-electron chi connectivity index (χ2n) is 3.86. The Morgan fingerprint density at radius 1 is 1.37 bits per heavy atom. The van der Waals surface area contributed by atoms with Crippen LogP contribution >= 0.6 is 0 Å². The first kappa shape index (κ1) is 16.9. The fraction of sp³-hybridized carbons (Fsp3) is 0.800. The van der Waals surface area contributed by atoms with Crippen LogP contribution in [0.15, 0.2) is 10.5 Å². The zero-order valence-corrected chi connectivity index (χ0v) is 11.2. The van der Waals surface area contributed by atoms with Crippen molar-refractivity contribution in [3.05, 3.63) is 0 Å². The lowest BCUT2D eigenvalue weighted by molar-refractivity contribution is -0.137. The SMILES string of the molecule is CC(C)OC(=O)OCON=NN(C)CCCC(=O)O. The van der Waals surface area contributed by atoms with Gasteiger partial charge in [-0.05, 0) is 25.5 Å². The van der Waals surface area contributed by atoms with Gasteiger partial charge in [0.2, 0.25) is 0 Å². The lowest BCUT2D eigenvalue weighted by Gasteiger charge is -2.09. The number of carboxylic acids is 1. The molecule has 1 N–H and O–H groups in total. The maximum atomic E-state index is 10.9. The summed E-state index contributed by atoms with van der Waals surface area (Å²) in [4.78, 5) is 25.7. The van der Waals surface area contributed by atoms with E-state index in [-0.39, 0.29) is 12.5 Å². The molecule has 0 heterocycles. The summed E-state index contributed by atoms with van der Waals surface area (Å²) in [6.07, 6.45) is -0.609. The van der Waals surface area contributed by atoms with Gasteiger partial charge in [-0.25, -0.2) is 4.79 Å². The van der Waals surface area contributed by atoms with Crippen LogP contribution in [0, 0.1) is 0 Å². The van der Waals surface area contributed by atoms with E-state index in [2.05, 4.69) is 24.8 Å². The minimum Gasteiger partial charge on any atom is -0.481 e. The van der Waals surface area contributed by atoms with Crippen molar-refractivity contribution in [2.45, 2.75) is 32.8 Å². The van der Waals surface area contributed by atoms with E-state index >= 15 is 0 Å². The third kappa shape index (κ3) is 12.2. The Kier molecular flexibility index (Phi) is 8.84. The van der Waals surface area contributed by atoms with Crippen molar-refractivity contribution in [2.75, 3.05) is 20.4 Å². The third-order valence-corrected chi connectivity index (χ3v) is 1.68. The van der Waals surface area contributed by atoms with E-state index in [0.29, 0.717) is 13.0 Å². The number of carboxylic acid groups (broad SMARTS) is 1. The van der Waals surface area contributed by atoms with Gasteiger partial charge in [-0.3, -0.25) is 9.80 Å². The highest BCUT2D eigenvalue weighted by Gasteiger charge is 2.05. The van der Waals surface area contributed by atoms with Crippen LogP contribution in [-0.4, -0.2) is 48.7 Å². The fourth-order valence-electron chi connectivity index (χ4n) is 0.916. The van der Waals surface area contributed by atoms with Crippen molar-refractivity contribution in [3.8, 4) is 0 Å². The average molecular weight is 277 g/mol. The zero-order valence-electron chi connectivity index (χ0n) is 11.2. The molecular weight excluding hydrogens is 258 g/mol. The zero-order chi connectivity index (χ0) is 14.7. The summed E-state index contributed by atoms with van der Waals surface area (Å²) in [5.74, 6) is -0.862. The maximum Gasteiger partial charge on any atom is 0.511 e. The molecule has 9 nitrogen and oxygen atoms in total. The van der Waals surface area contributed by atoms with E-state index in [0.717, 1.165) is 0 Å². The summed E-state index contributed by atoms with van der Waals surface area (Å²) in [6.45, 7) is 3.40. The summed E-state index contributed by atoms with van der Waals surface area (Å²) < 4.78 is 9.19. The lowest BCUT2D eigenvalue weighted by Crippen LogP contribution is -2.15. The summed E-state index contributed by atoms with van der Waals surface area (Å²) in [5, 5.41) is 16.7. The smallest absolute Gasteiger partial charge is 0.481 e. The number of carbonyl (C=O) groups excluding carboxylic acids is 1. The normalized spacial score (nSPS) is 10.5. The lowest BCUT2D eigenvalue weighted by atomic mass is 10.3. The predicted octanol–water partition coefficient (Wildman–Crippen LogP) is 1.60.